The molecule has 2 aromatic carbocycles. The number of nitrogens with one attached hydrogen (secondary N) is 1. The molecule has 6 heteroatoms. The lowest BCUT2D eigenvalue weighted by molar-refractivity contribution is -0.119. The second-order valence-electron chi connectivity index (χ2n) is 7.14. The first kappa shape index (κ1) is 17.1. The van der Waals surface area contributed by atoms with E-state index in [1.165, 1.54) is 0 Å². The molecule has 0 aliphatic carbocycles. The van der Waals surface area contributed by atoms with Gasteiger partial charge in [0.15, 0.2) is 0 Å². The van der Waals surface area contributed by atoms with Gasteiger partial charge >= 0.3 is 0 Å². The van der Waals surface area contributed by atoms with Crippen molar-refractivity contribution in [3.8, 4) is 0 Å². The number of nitrogens with zero attached hydrogens (tertiary/aromatic N) is 1. The summed E-state index contributed by atoms with van der Waals surface area (Å²) in [5.74, 6) is 0.123. The van der Waals surface area contributed by atoms with Crippen LogP contribution >= 0.6 is 0 Å². The molecule has 0 fully saturated rings. The van der Waals surface area contributed by atoms with E-state index in [4.69, 9.17) is 0 Å². The second-order valence-corrected chi connectivity index (χ2v) is 8.86. The molecule has 1 amide bonds. The van der Waals surface area contributed by atoms with Gasteiger partial charge in [-0.1, -0.05) is 29.8 Å². The average molecular weight is 370 g/mol. The maximum atomic E-state index is 12.6. The SMILES string of the molecule is Cc1cccc(CS(=O)(=O)Nc2cc3c4c(c2)CCC(=O)N4CCC3)c1. The quantitative estimate of drug-likeness (QED) is 0.899. The van der Waals surface area contributed by atoms with Gasteiger partial charge in [-0.2, -0.15) is 0 Å². The lowest BCUT2D eigenvalue weighted by Crippen LogP contribution is -2.39. The fourth-order valence-corrected chi connectivity index (χ4v) is 5.12. The van der Waals surface area contributed by atoms with Crippen LogP contribution in [0.3, 0.4) is 0 Å². The Morgan fingerprint density at radius 2 is 1.85 bits per heavy atom. The molecule has 0 aromatic heterocycles. The summed E-state index contributed by atoms with van der Waals surface area (Å²) in [6.45, 7) is 2.71. The first-order chi connectivity index (χ1) is 12.4. The van der Waals surface area contributed by atoms with E-state index in [1.807, 2.05) is 48.2 Å². The molecule has 0 saturated carbocycles. The zero-order valence-corrected chi connectivity index (χ0v) is 15.6. The Morgan fingerprint density at radius 1 is 1.08 bits per heavy atom. The molecule has 4 rings (SSSR count). The Kier molecular flexibility index (Phi) is 4.23. The summed E-state index contributed by atoms with van der Waals surface area (Å²) in [6, 6.07) is 11.3. The van der Waals surface area contributed by atoms with E-state index >= 15 is 0 Å². The van der Waals surface area contributed by atoms with E-state index in [9.17, 15) is 13.2 Å². The smallest absolute Gasteiger partial charge is 0.236 e. The van der Waals surface area contributed by atoms with Crippen LogP contribution in [0.2, 0.25) is 0 Å². The zero-order valence-electron chi connectivity index (χ0n) is 14.8. The third kappa shape index (κ3) is 3.33. The van der Waals surface area contributed by atoms with Gasteiger partial charge in [0.25, 0.3) is 0 Å². The fraction of sp³-hybridized carbons (Fsp3) is 0.350. The van der Waals surface area contributed by atoms with Crippen LogP contribution in [-0.4, -0.2) is 20.9 Å². The topological polar surface area (TPSA) is 66.5 Å². The molecule has 136 valence electrons. The van der Waals surface area contributed by atoms with Crippen molar-refractivity contribution >= 4 is 27.3 Å². The van der Waals surface area contributed by atoms with Crippen LogP contribution in [-0.2, 0) is 33.4 Å². The Bertz CT molecular complexity index is 965. The van der Waals surface area contributed by atoms with Crippen LogP contribution in [0.4, 0.5) is 11.4 Å². The van der Waals surface area contributed by atoms with Crippen molar-refractivity contribution in [2.75, 3.05) is 16.2 Å². The van der Waals surface area contributed by atoms with Crippen LogP contribution < -0.4 is 9.62 Å². The van der Waals surface area contributed by atoms with E-state index < -0.39 is 10.0 Å². The predicted octanol–water partition coefficient (Wildman–Crippen LogP) is 3.16. The van der Waals surface area contributed by atoms with Crippen LogP contribution in [0.5, 0.6) is 0 Å². The van der Waals surface area contributed by atoms with Gasteiger partial charge in [-0.05, 0) is 55.0 Å². The predicted molar refractivity (Wildman–Crippen MR) is 103 cm³/mol. The second kappa shape index (κ2) is 6.43. The summed E-state index contributed by atoms with van der Waals surface area (Å²) < 4.78 is 27.9. The van der Waals surface area contributed by atoms with Gasteiger partial charge in [-0.15, -0.1) is 0 Å². The Hall–Kier alpha value is -2.34. The van der Waals surface area contributed by atoms with Crippen LogP contribution in [0, 0.1) is 6.92 Å². The highest BCUT2D eigenvalue weighted by Gasteiger charge is 2.30. The number of hydrogen-bond donors (Lipinski definition) is 1. The first-order valence-electron chi connectivity index (χ1n) is 8.93. The molecule has 0 unspecified atom stereocenters. The van der Waals surface area contributed by atoms with Crippen molar-refractivity contribution in [1.29, 1.82) is 0 Å². The minimum atomic E-state index is -3.49. The number of anilines is 2. The number of carbonyl (C=O) groups excluding carboxylic acids is 1. The summed E-state index contributed by atoms with van der Waals surface area (Å²) in [4.78, 5) is 14.0. The number of carbonyl (C=O) groups is 1. The summed E-state index contributed by atoms with van der Waals surface area (Å²) in [7, 11) is -3.49. The van der Waals surface area contributed by atoms with Crippen LogP contribution in [0.15, 0.2) is 36.4 Å². The molecule has 0 saturated heterocycles. The highest BCUT2D eigenvalue weighted by Crippen LogP contribution is 2.38. The molecule has 0 atom stereocenters. The number of amides is 1. The van der Waals surface area contributed by atoms with Crippen molar-refractivity contribution in [1.82, 2.24) is 0 Å². The highest BCUT2D eigenvalue weighted by molar-refractivity contribution is 7.91. The van der Waals surface area contributed by atoms with Gasteiger partial charge in [0.2, 0.25) is 15.9 Å². The molecule has 1 N–H and O–H groups in total. The van der Waals surface area contributed by atoms with E-state index in [2.05, 4.69) is 4.72 Å². The van der Waals surface area contributed by atoms with Gasteiger partial charge in [-0.3, -0.25) is 9.52 Å². The van der Waals surface area contributed by atoms with E-state index in [0.717, 1.165) is 47.3 Å². The number of benzene rings is 2. The van der Waals surface area contributed by atoms with Crippen molar-refractivity contribution in [2.45, 2.75) is 38.4 Å². The van der Waals surface area contributed by atoms with Crippen molar-refractivity contribution in [2.24, 2.45) is 0 Å². The molecule has 5 nitrogen and oxygen atoms in total. The van der Waals surface area contributed by atoms with E-state index in [1.54, 1.807) is 0 Å². The van der Waals surface area contributed by atoms with Gasteiger partial charge in [0.1, 0.15) is 0 Å². The minimum Gasteiger partial charge on any atom is -0.312 e. The molecule has 2 aliphatic rings. The van der Waals surface area contributed by atoms with Crippen molar-refractivity contribution in [3.63, 3.8) is 0 Å². The van der Waals surface area contributed by atoms with Crippen LogP contribution in [0.25, 0.3) is 0 Å². The number of aryl methyl sites for hydroxylation is 3. The zero-order chi connectivity index (χ0) is 18.3. The summed E-state index contributed by atoms with van der Waals surface area (Å²) in [5.41, 5.74) is 5.55. The maximum Gasteiger partial charge on any atom is 0.236 e. The molecular formula is C20H22N2O3S. The lowest BCUT2D eigenvalue weighted by atomic mass is 9.91. The van der Waals surface area contributed by atoms with Gasteiger partial charge < -0.3 is 4.90 Å². The fourth-order valence-electron chi connectivity index (χ4n) is 3.95. The minimum absolute atomic E-state index is 0.0499. The maximum absolute atomic E-state index is 12.6. The first-order valence-corrected chi connectivity index (χ1v) is 10.6. The third-order valence-corrected chi connectivity index (χ3v) is 6.25. The van der Waals surface area contributed by atoms with Crippen molar-refractivity contribution < 1.29 is 13.2 Å². The number of rotatable bonds is 4. The molecule has 2 aliphatic heterocycles. The van der Waals surface area contributed by atoms with Crippen LogP contribution in [0.1, 0.15) is 35.1 Å². The van der Waals surface area contributed by atoms with Gasteiger partial charge in [-0.25, -0.2) is 8.42 Å². The molecule has 26 heavy (non-hydrogen) atoms. The highest BCUT2D eigenvalue weighted by atomic mass is 32.2. The lowest BCUT2D eigenvalue weighted by Gasteiger charge is -2.35. The third-order valence-electron chi connectivity index (χ3n) is 4.99. The molecule has 2 heterocycles. The molecule has 0 bridgehead atoms. The largest absolute Gasteiger partial charge is 0.312 e. The van der Waals surface area contributed by atoms with E-state index in [-0.39, 0.29) is 11.7 Å². The summed E-state index contributed by atoms with van der Waals surface area (Å²) in [6.07, 6.45) is 2.95. The summed E-state index contributed by atoms with van der Waals surface area (Å²) in [5, 5.41) is 0. The van der Waals surface area contributed by atoms with Gasteiger partial charge in [0, 0.05) is 18.7 Å². The van der Waals surface area contributed by atoms with Crippen molar-refractivity contribution in [3.05, 3.63) is 58.7 Å². The summed E-state index contributed by atoms with van der Waals surface area (Å²) >= 11 is 0. The van der Waals surface area contributed by atoms with Gasteiger partial charge in [0.05, 0.1) is 11.4 Å². The standard InChI is InChI=1S/C20H22N2O3S/c1-14-4-2-5-15(10-14)13-26(24,25)21-18-11-16-6-3-9-22-19(23)8-7-17(12-18)20(16)22/h2,4-5,10-12,21H,3,6-9,13H2,1H3. The number of hydrogen-bond acceptors (Lipinski definition) is 3. The molecule has 0 spiro atoms. The molecule has 0 radical (unpaired) electrons. The van der Waals surface area contributed by atoms with E-state index in [0.29, 0.717) is 18.5 Å². The molecular weight excluding hydrogens is 348 g/mol. The Labute approximate surface area is 154 Å². The monoisotopic (exact) mass is 370 g/mol. The normalized spacial score (nSPS) is 16.3. The average Bonchev–Trinajstić information content (AvgIpc) is 2.57. The Balaban J connectivity index is 1.62. The molecule has 2 aromatic rings. The Morgan fingerprint density at radius 3 is 2.62 bits per heavy atom. The number of sulfonamides is 1.